The van der Waals surface area contributed by atoms with Gasteiger partial charge in [0.25, 0.3) is 0 Å². The lowest BCUT2D eigenvalue weighted by molar-refractivity contribution is -0.140. The molecule has 1 aromatic heterocycles. The number of aliphatic carboxylic acids is 1. The van der Waals surface area contributed by atoms with Crippen LogP contribution in [0.1, 0.15) is 37.0 Å². The van der Waals surface area contributed by atoms with E-state index in [1.54, 1.807) is 29.9 Å². The van der Waals surface area contributed by atoms with Crippen LogP contribution in [0, 0.1) is 0 Å². The van der Waals surface area contributed by atoms with Gasteiger partial charge in [-0.25, -0.2) is 9.48 Å². The lowest BCUT2D eigenvalue weighted by Gasteiger charge is -2.14. The van der Waals surface area contributed by atoms with Gasteiger partial charge >= 0.3 is 12.1 Å². The number of carboxylic acid groups (broad SMARTS) is 1. The molecule has 1 heterocycles. The van der Waals surface area contributed by atoms with Gasteiger partial charge < -0.3 is 9.84 Å². The van der Waals surface area contributed by atoms with Crippen molar-refractivity contribution in [1.82, 2.24) is 9.78 Å². The second kappa shape index (κ2) is 9.51. The van der Waals surface area contributed by atoms with E-state index in [1.807, 2.05) is 66.7 Å². The first-order chi connectivity index (χ1) is 17.4. The summed E-state index contributed by atoms with van der Waals surface area (Å²) in [4.78, 5) is 23.9. The first-order valence-electron chi connectivity index (χ1n) is 11.6. The van der Waals surface area contributed by atoms with Crippen molar-refractivity contribution < 1.29 is 19.4 Å². The highest BCUT2D eigenvalue weighted by molar-refractivity contribution is 6.31. The molecule has 1 fully saturated rings. The quantitative estimate of drug-likeness (QED) is 0.297. The molecule has 1 amide bonds. The molecule has 5 rings (SSSR count). The largest absolute Gasteiger partial charge is 0.481 e. The smallest absolute Gasteiger partial charge is 0.413 e. The van der Waals surface area contributed by atoms with Gasteiger partial charge in [-0.3, -0.25) is 10.1 Å². The molecule has 1 saturated carbocycles. The average Bonchev–Trinajstić information content (AvgIpc) is 3.58. The van der Waals surface area contributed by atoms with Crippen LogP contribution in [0.15, 0.2) is 85.1 Å². The molecule has 36 heavy (non-hydrogen) atoms. The number of anilines is 1. The van der Waals surface area contributed by atoms with E-state index in [0.29, 0.717) is 23.7 Å². The highest BCUT2D eigenvalue weighted by Gasteiger charge is 2.51. The van der Waals surface area contributed by atoms with Gasteiger partial charge in [-0.05, 0) is 54.7 Å². The highest BCUT2D eigenvalue weighted by Crippen LogP contribution is 2.48. The fourth-order valence-corrected chi connectivity index (χ4v) is 4.53. The monoisotopic (exact) mass is 501 g/mol. The van der Waals surface area contributed by atoms with E-state index in [-0.39, 0.29) is 0 Å². The zero-order valence-electron chi connectivity index (χ0n) is 19.5. The number of aromatic nitrogens is 2. The number of rotatable bonds is 7. The molecule has 0 spiro atoms. The third kappa shape index (κ3) is 4.70. The Hall–Kier alpha value is -4.10. The number of nitrogens with zero attached hydrogens (tertiary/aromatic N) is 2. The normalized spacial score (nSPS) is 14.6. The van der Waals surface area contributed by atoms with Crippen LogP contribution in [0.2, 0.25) is 5.02 Å². The van der Waals surface area contributed by atoms with E-state index in [9.17, 15) is 14.7 Å². The van der Waals surface area contributed by atoms with Gasteiger partial charge in [-0.2, -0.15) is 0 Å². The summed E-state index contributed by atoms with van der Waals surface area (Å²) in [6, 6.07) is 24.4. The van der Waals surface area contributed by atoms with Gasteiger partial charge in [0.1, 0.15) is 6.10 Å². The molecule has 1 aliphatic carbocycles. The summed E-state index contributed by atoms with van der Waals surface area (Å²) in [6.07, 6.45) is 1.99. The summed E-state index contributed by atoms with van der Waals surface area (Å²) < 4.78 is 7.09. The lowest BCUT2D eigenvalue weighted by atomic mass is 9.94. The third-order valence-corrected chi connectivity index (χ3v) is 6.85. The summed E-state index contributed by atoms with van der Waals surface area (Å²) in [5.74, 6) is -0.394. The number of halogens is 1. The number of carbonyl (C=O) groups is 2. The van der Waals surface area contributed by atoms with Crippen LogP contribution >= 0.6 is 11.6 Å². The van der Waals surface area contributed by atoms with E-state index >= 15 is 0 Å². The van der Waals surface area contributed by atoms with Crippen molar-refractivity contribution >= 4 is 29.5 Å². The Kier molecular flexibility index (Phi) is 6.24. The highest BCUT2D eigenvalue weighted by atomic mass is 35.5. The Morgan fingerprint density at radius 3 is 2.25 bits per heavy atom. The van der Waals surface area contributed by atoms with Crippen LogP contribution in [-0.4, -0.2) is 26.9 Å². The minimum atomic E-state index is -0.754. The van der Waals surface area contributed by atoms with Crippen LogP contribution in [0.5, 0.6) is 0 Å². The number of carboxylic acids is 1. The van der Waals surface area contributed by atoms with Gasteiger partial charge in [-0.15, -0.1) is 5.10 Å². The van der Waals surface area contributed by atoms with E-state index < -0.39 is 23.6 Å². The second-order valence-corrected chi connectivity index (χ2v) is 9.26. The van der Waals surface area contributed by atoms with Crippen molar-refractivity contribution in [2.24, 2.45) is 0 Å². The number of hydrogen-bond acceptors (Lipinski definition) is 4. The van der Waals surface area contributed by atoms with Crippen LogP contribution in [-0.2, 0) is 14.9 Å². The molecule has 4 aromatic rings. The summed E-state index contributed by atoms with van der Waals surface area (Å²) >= 11 is 6.17. The maximum Gasteiger partial charge on any atom is 0.413 e. The minimum absolute atomic E-state index is 0.360. The molecule has 1 atom stereocenters. The molecule has 8 heteroatoms. The predicted octanol–water partition coefficient (Wildman–Crippen LogP) is 6.62. The Morgan fingerprint density at radius 2 is 1.64 bits per heavy atom. The van der Waals surface area contributed by atoms with Crippen LogP contribution in [0.3, 0.4) is 0 Å². The van der Waals surface area contributed by atoms with Crippen molar-refractivity contribution in [1.29, 1.82) is 0 Å². The Bertz CT molecular complexity index is 1410. The average molecular weight is 502 g/mol. The third-order valence-electron chi connectivity index (χ3n) is 6.51. The standard InChI is InChI=1S/C28H24ClN3O4/c1-18(23-4-2-3-5-24(23)29)36-27(35)30-25-14-17-32(31-25)22-12-8-20(9-13-22)19-6-10-21(11-7-19)28(15-16-28)26(33)34/h2-14,17-18H,15-16H2,1H3,(H,33,34)(H,30,31,35)/t18-/m1/s1. The number of hydrogen-bond donors (Lipinski definition) is 2. The van der Waals surface area contributed by atoms with E-state index in [2.05, 4.69) is 10.4 Å². The first-order valence-corrected chi connectivity index (χ1v) is 12.0. The molecule has 0 bridgehead atoms. The molecule has 182 valence electrons. The van der Waals surface area contributed by atoms with E-state index in [4.69, 9.17) is 16.3 Å². The first kappa shape index (κ1) is 23.6. The molecular weight excluding hydrogens is 478 g/mol. The molecule has 0 radical (unpaired) electrons. The molecule has 2 N–H and O–H groups in total. The predicted molar refractivity (Wildman–Crippen MR) is 138 cm³/mol. The number of nitrogens with one attached hydrogen (secondary N) is 1. The molecule has 0 aliphatic heterocycles. The number of benzene rings is 3. The van der Waals surface area contributed by atoms with Gasteiger partial charge in [-0.1, -0.05) is 66.2 Å². The molecule has 1 aliphatic rings. The Labute approximate surface area is 213 Å². The maximum absolute atomic E-state index is 12.3. The van der Waals surface area contributed by atoms with Gasteiger partial charge in [0, 0.05) is 22.8 Å². The molecular formula is C28H24ClN3O4. The summed E-state index contributed by atoms with van der Waals surface area (Å²) in [5.41, 5.74) is 3.71. The van der Waals surface area contributed by atoms with Crippen molar-refractivity contribution in [3.05, 3.63) is 101 Å². The van der Waals surface area contributed by atoms with Crippen LogP contribution in [0.4, 0.5) is 10.6 Å². The molecule has 0 saturated heterocycles. The van der Waals surface area contributed by atoms with Gasteiger partial charge in [0.2, 0.25) is 0 Å². The Morgan fingerprint density at radius 1 is 1.00 bits per heavy atom. The number of carbonyl (C=O) groups excluding carboxylic acids is 1. The van der Waals surface area contributed by atoms with Gasteiger partial charge in [0.15, 0.2) is 5.82 Å². The number of ether oxygens (including phenoxy) is 1. The van der Waals surface area contributed by atoms with Crippen LogP contribution in [0.25, 0.3) is 16.8 Å². The summed E-state index contributed by atoms with van der Waals surface area (Å²) in [5, 5.41) is 17.1. The molecule has 0 unspecified atom stereocenters. The van der Waals surface area contributed by atoms with E-state index in [1.165, 1.54) is 0 Å². The molecule has 3 aromatic carbocycles. The Balaban J connectivity index is 1.22. The van der Waals surface area contributed by atoms with Crippen molar-refractivity contribution in [2.75, 3.05) is 5.32 Å². The fourth-order valence-electron chi connectivity index (χ4n) is 4.24. The van der Waals surface area contributed by atoms with Crippen molar-refractivity contribution in [3.8, 4) is 16.8 Å². The molecule has 7 nitrogen and oxygen atoms in total. The maximum atomic E-state index is 12.3. The van der Waals surface area contributed by atoms with Crippen molar-refractivity contribution in [3.63, 3.8) is 0 Å². The summed E-state index contributed by atoms with van der Waals surface area (Å²) in [7, 11) is 0. The zero-order chi connectivity index (χ0) is 25.3. The lowest BCUT2D eigenvalue weighted by Crippen LogP contribution is -2.19. The fraction of sp³-hybridized carbons (Fsp3) is 0.179. The SMILES string of the molecule is C[C@@H](OC(=O)Nc1ccn(-c2ccc(-c3ccc(C4(C(=O)O)CC4)cc3)cc2)n1)c1ccccc1Cl. The van der Waals surface area contributed by atoms with E-state index in [0.717, 1.165) is 27.9 Å². The van der Waals surface area contributed by atoms with Gasteiger partial charge in [0.05, 0.1) is 11.1 Å². The second-order valence-electron chi connectivity index (χ2n) is 8.85. The zero-order valence-corrected chi connectivity index (χ0v) is 20.3. The minimum Gasteiger partial charge on any atom is -0.481 e. The van der Waals surface area contributed by atoms with Crippen LogP contribution < -0.4 is 5.32 Å². The topological polar surface area (TPSA) is 93.5 Å². The summed E-state index contributed by atoms with van der Waals surface area (Å²) in [6.45, 7) is 1.75. The van der Waals surface area contributed by atoms with Crippen molar-refractivity contribution in [2.45, 2.75) is 31.3 Å². The number of amides is 1.